The van der Waals surface area contributed by atoms with Gasteiger partial charge in [-0.3, -0.25) is 9.59 Å². The first-order valence-electron chi connectivity index (χ1n) is 8.25. The summed E-state index contributed by atoms with van der Waals surface area (Å²) in [6.07, 6.45) is 3.39. The van der Waals surface area contributed by atoms with E-state index in [0.29, 0.717) is 23.7 Å². The van der Waals surface area contributed by atoms with Gasteiger partial charge in [0.1, 0.15) is 18.2 Å². The number of likely N-dealkylation sites (tertiary alicyclic amines) is 1. The van der Waals surface area contributed by atoms with Crippen LogP contribution in [-0.2, 0) is 20.9 Å². The minimum atomic E-state index is -0.392. The van der Waals surface area contributed by atoms with Gasteiger partial charge in [-0.15, -0.1) is 11.3 Å². The molecule has 1 amide bonds. The van der Waals surface area contributed by atoms with Crippen molar-refractivity contribution in [3.63, 3.8) is 0 Å². The average Bonchev–Trinajstić information content (AvgIpc) is 2.99. The molecule has 1 aliphatic heterocycles. The highest BCUT2D eigenvalue weighted by Crippen LogP contribution is 2.25. The van der Waals surface area contributed by atoms with Gasteiger partial charge in [0.25, 0.3) is 0 Å². The second kappa shape index (κ2) is 8.45. The molecule has 25 heavy (non-hydrogen) atoms. The molecule has 0 saturated carbocycles. The molecule has 2 aromatic rings. The van der Waals surface area contributed by atoms with Crippen LogP contribution in [0.5, 0.6) is 0 Å². The molecule has 2 heterocycles. The average molecular weight is 379 g/mol. The molecule has 132 valence electrons. The molecule has 1 aliphatic rings. The van der Waals surface area contributed by atoms with Crippen molar-refractivity contribution >= 4 is 34.8 Å². The van der Waals surface area contributed by atoms with Crippen LogP contribution in [0.3, 0.4) is 0 Å². The monoisotopic (exact) mass is 378 g/mol. The van der Waals surface area contributed by atoms with Crippen molar-refractivity contribution in [1.82, 2.24) is 9.88 Å². The molecule has 0 unspecified atom stereocenters. The number of aromatic nitrogens is 1. The Kier molecular flexibility index (Phi) is 6.04. The normalized spacial score (nSPS) is 15.1. The third-order valence-corrected chi connectivity index (χ3v) is 5.21. The van der Waals surface area contributed by atoms with Gasteiger partial charge in [-0.1, -0.05) is 30.2 Å². The van der Waals surface area contributed by atoms with Crippen molar-refractivity contribution in [2.45, 2.75) is 32.3 Å². The van der Waals surface area contributed by atoms with E-state index in [2.05, 4.69) is 4.98 Å². The van der Waals surface area contributed by atoms with Crippen LogP contribution in [0.15, 0.2) is 29.6 Å². The Morgan fingerprint density at radius 2 is 2.04 bits per heavy atom. The van der Waals surface area contributed by atoms with Crippen molar-refractivity contribution in [2.75, 3.05) is 13.1 Å². The van der Waals surface area contributed by atoms with Gasteiger partial charge in [0.15, 0.2) is 0 Å². The first kappa shape index (κ1) is 17.9. The smallest absolute Gasteiger partial charge is 0.326 e. The molecule has 3 rings (SSSR count). The second-order valence-electron chi connectivity index (χ2n) is 5.94. The predicted molar refractivity (Wildman–Crippen MR) is 97.4 cm³/mol. The highest BCUT2D eigenvalue weighted by atomic mass is 35.5. The third-order valence-electron chi connectivity index (χ3n) is 4.02. The number of hydrogen-bond acceptors (Lipinski definition) is 5. The molecule has 0 atom stereocenters. The minimum absolute atomic E-state index is 0.0208. The number of rotatable bonds is 5. The summed E-state index contributed by atoms with van der Waals surface area (Å²) in [6, 6.07) is 7.44. The quantitative estimate of drug-likeness (QED) is 0.740. The van der Waals surface area contributed by atoms with Gasteiger partial charge in [0.05, 0.1) is 5.69 Å². The Bertz CT molecular complexity index is 745. The number of nitrogens with zero attached hydrogens (tertiary/aromatic N) is 2. The van der Waals surface area contributed by atoms with E-state index in [1.807, 2.05) is 29.6 Å². The standard InChI is InChI=1S/C18H19ClN2O3S/c19-14-7-5-13(6-8-14)18-20-15(12-25-18)11-24-17(23)10-21-9-3-1-2-4-16(21)22/h5-8,12H,1-4,9-11H2. The Morgan fingerprint density at radius 1 is 1.24 bits per heavy atom. The van der Waals surface area contributed by atoms with E-state index in [4.69, 9.17) is 16.3 Å². The molecule has 1 fully saturated rings. The zero-order valence-electron chi connectivity index (χ0n) is 13.7. The summed E-state index contributed by atoms with van der Waals surface area (Å²) < 4.78 is 5.28. The molecule has 1 aromatic heterocycles. The molecule has 0 radical (unpaired) electrons. The maximum absolute atomic E-state index is 12.0. The largest absolute Gasteiger partial charge is 0.458 e. The SMILES string of the molecule is O=C(CN1CCCCCC1=O)OCc1csc(-c2ccc(Cl)cc2)n1. The molecular formula is C18H19ClN2O3S. The van der Waals surface area contributed by atoms with E-state index in [1.165, 1.54) is 11.3 Å². The molecule has 7 heteroatoms. The van der Waals surface area contributed by atoms with Crippen LogP contribution in [0.2, 0.25) is 5.02 Å². The lowest BCUT2D eigenvalue weighted by atomic mass is 10.2. The summed E-state index contributed by atoms with van der Waals surface area (Å²) >= 11 is 7.38. The Morgan fingerprint density at radius 3 is 2.84 bits per heavy atom. The van der Waals surface area contributed by atoms with Crippen LogP contribution in [0, 0.1) is 0 Å². The van der Waals surface area contributed by atoms with E-state index >= 15 is 0 Å². The number of hydrogen-bond donors (Lipinski definition) is 0. The number of carbonyl (C=O) groups excluding carboxylic acids is 2. The van der Waals surface area contributed by atoms with Crippen molar-refractivity contribution in [3.05, 3.63) is 40.4 Å². The zero-order valence-corrected chi connectivity index (χ0v) is 15.3. The molecule has 5 nitrogen and oxygen atoms in total. The van der Waals surface area contributed by atoms with Gasteiger partial charge in [-0.2, -0.15) is 0 Å². The lowest BCUT2D eigenvalue weighted by molar-refractivity contribution is -0.150. The number of benzene rings is 1. The number of thiazole rings is 1. The third kappa shape index (κ3) is 5.03. The first-order chi connectivity index (χ1) is 12.1. The molecule has 0 N–H and O–H groups in total. The van der Waals surface area contributed by atoms with Gasteiger partial charge >= 0.3 is 5.97 Å². The molecular weight excluding hydrogens is 360 g/mol. The maximum Gasteiger partial charge on any atom is 0.326 e. The van der Waals surface area contributed by atoms with Crippen molar-refractivity contribution in [2.24, 2.45) is 0 Å². The highest BCUT2D eigenvalue weighted by molar-refractivity contribution is 7.13. The van der Waals surface area contributed by atoms with E-state index in [-0.39, 0.29) is 19.1 Å². The number of amides is 1. The molecule has 1 aromatic carbocycles. The minimum Gasteiger partial charge on any atom is -0.458 e. The molecule has 0 bridgehead atoms. The summed E-state index contributed by atoms with van der Waals surface area (Å²) in [4.78, 5) is 30.0. The summed E-state index contributed by atoms with van der Waals surface area (Å²) in [7, 11) is 0. The number of halogens is 1. The van der Waals surface area contributed by atoms with Gasteiger partial charge in [0.2, 0.25) is 5.91 Å². The topological polar surface area (TPSA) is 59.5 Å². The fourth-order valence-corrected chi connectivity index (χ4v) is 3.60. The summed E-state index contributed by atoms with van der Waals surface area (Å²) in [5.74, 6) is -0.357. The Hall–Kier alpha value is -1.92. The van der Waals surface area contributed by atoms with Gasteiger partial charge in [-0.25, -0.2) is 4.98 Å². The highest BCUT2D eigenvalue weighted by Gasteiger charge is 2.20. The van der Waals surface area contributed by atoms with E-state index in [9.17, 15) is 9.59 Å². The van der Waals surface area contributed by atoms with Crippen LogP contribution in [-0.4, -0.2) is 34.8 Å². The van der Waals surface area contributed by atoms with Crippen LogP contribution >= 0.6 is 22.9 Å². The zero-order chi connectivity index (χ0) is 17.6. The van der Waals surface area contributed by atoms with Crippen LogP contribution in [0.25, 0.3) is 10.6 Å². The lowest BCUT2D eigenvalue weighted by Crippen LogP contribution is -2.35. The fraction of sp³-hybridized carbons (Fsp3) is 0.389. The van der Waals surface area contributed by atoms with Crippen molar-refractivity contribution in [1.29, 1.82) is 0 Å². The molecule has 0 spiro atoms. The van der Waals surface area contributed by atoms with Gasteiger partial charge in [0, 0.05) is 28.9 Å². The van der Waals surface area contributed by atoms with Gasteiger partial charge in [-0.05, 0) is 25.0 Å². The number of carbonyl (C=O) groups is 2. The van der Waals surface area contributed by atoms with E-state index in [0.717, 1.165) is 29.8 Å². The summed E-state index contributed by atoms with van der Waals surface area (Å²) in [5, 5.41) is 3.40. The van der Waals surface area contributed by atoms with E-state index in [1.54, 1.807) is 4.90 Å². The lowest BCUT2D eigenvalue weighted by Gasteiger charge is -2.19. The number of esters is 1. The fourth-order valence-electron chi connectivity index (χ4n) is 2.66. The van der Waals surface area contributed by atoms with Crippen molar-refractivity contribution < 1.29 is 14.3 Å². The summed E-state index contributed by atoms with van der Waals surface area (Å²) in [5.41, 5.74) is 1.67. The summed E-state index contributed by atoms with van der Waals surface area (Å²) in [6.45, 7) is 0.767. The predicted octanol–water partition coefficient (Wildman–Crippen LogP) is 3.91. The molecule has 1 saturated heterocycles. The van der Waals surface area contributed by atoms with Gasteiger partial charge < -0.3 is 9.64 Å². The Balaban J connectivity index is 1.52. The molecule has 0 aliphatic carbocycles. The van der Waals surface area contributed by atoms with E-state index < -0.39 is 5.97 Å². The Labute approximate surface area is 155 Å². The van der Waals surface area contributed by atoms with Crippen LogP contribution in [0.1, 0.15) is 31.4 Å². The van der Waals surface area contributed by atoms with Crippen molar-refractivity contribution in [3.8, 4) is 10.6 Å². The number of ether oxygens (including phenoxy) is 1. The van der Waals surface area contributed by atoms with Crippen LogP contribution in [0.4, 0.5) is 0 Å². The maximum atomic E-state index is 12.0. The second-order valence-corrected chi connectivity index (χ2v) is 7.23. The first-order valence-corrected chi connectivity index (χ1v) is 9.51. The van der Waals surface area contributed by atoms with Crippen LogP contribution < -0.4 is 0 Å².